The summed E-state index contributed by atoms with van der Waals surface area (Å²) in [6.07, 6.45) is 0. The molecule has 0 radical (unpaired) electrons. The minimum absolute atomic E-state index is 0.246. The molecular formula is C6H4FIO. The molecule has 0 atom stereocenters. The molecule has 1 aromatic rings. The zero-order valence-electron chi connectivity index (χ0n) is 4.47. The van der Waals surface area contributed by atoms with Crippen LogP contribution in [-0.2, 0) is 0 Å². The average Bonchev–Trinajstić information content (AvgIpc) is 1.90. The van der Waals surface area contributed by atoms with Crippen LogP contribution in [0.3, 0.4) is 0 Å². The van der Waals surface area contributed by atoms with Crippen molar-refractivity contribution in [2.75, 3.05) is 0 Å². The highest BCUT2D eigenvalue weighted by molar-refractivity contribution is 14.1. The van der Waals surface area contributed by atoms with Gasteiger partial charge in [-0.25, -0.2) is 0 Å². The molecule has 0 amide bonds. The molecule has 9 heavy (non-hydrogen) atoms. The van der Waals surface area contributed by atoms with Gasteiger partial charge in [-0.15, -0.1) is 0 Å². The number of rotatable bonds is 1. The number of hydrogen-bond acceptors (Lipinski definition) is 1. The Morgan fingerprint density at radius 2 is 1.78 bits per heavy atom. The Hall–Kier alpha value is -0.320. The second-order valence-electron chi connectivity index (χ2n) is 1.53. The first-order valence-electron chi connectivity index (χ1n) is 2.37. The van der Waals surface area contributed by atoms with E-state index >= 15 is 0 Å². The van der Waals surface area contributed by atoms with Crippen LogP contribution < -0.4 is 4.94 Å². The first-order valence-corrected chi connectivity index (χ1v) is 3.45. The van der Waals surface area contributed by atoms with E-state index in [-0.39, 0.29) is 5.75 Å². The standard InChI is InChI=1S/C6H4FIO/c7-9-6-3-1-5(8)2-4-6/h1-4H. The van der Waals surface area contributed by atoms with Crippen LogP contribution in [0.15, 0.2) is 24.3 Å². The fourth-order valence-electron chi connectivity index (χ4n) is 0.486. The molecule has 0 aliphatic carbocycles. The Labute approximate surface area is 65.9 Å². The van der Waals surface area contributed by atoms with Gasteiger partial charge in [0.25, 0.3) is 0 Å². The van der Waals surface area contributed by atoms with Gasteiger partial charge in [0.15, 0.2) is 5.75 Å². The lowest BCUT2D eigenvalue weighted by molar-refractivity contribution is -0.00622. The van der Waals surface area contributed by atoms with Crippen molar-refractivity contribution in [2.24, 2.45) is 0 Å². The molecule has 0 bridgehead atoms. The third-order valence-electron chi connectivity index (χ3n) is 0.903. The lowest BCUT2D eigenvalue weighted by Gasteiger charge is -1.91. The van der Waals surface area contributed by atoms with Crippen LogP contribution in [0.1, 0.15) is 0 Å². The molecule has 0 aliphatic heterocycles. The smallest absolute Gasteiger partial charge is 0.171 e. The summed E-state index contributed by atoms with van der Waals surface area (Å²) in [5.74, 6) is 0.246. The molecule has 1 rings (SSSR count). The number of benzene rings is 1. The van der Waals surface area contributed by atoms with Crippen LogP contribution in [0.4, 0.5) is 4.53 Å². The summed E-state index contributed by atoms with van der Waals surface area (Å²) in [5, 5.41) is 0. The lowest BCUT2D eigenvalue weighted by atomic mass is 10.3. The van der Waals surface area contributed by atoms with Crippen LogP contribution >= 0.6 is 22.6 Å². The van der Waals surface area contributed by atoms with E-state index in [4.69, 9.17) is 0 Å². The Bertz CT molecular complexity index is 185. The quantitative estimate of drug-likeness (QED) is 0.683. The maximum absolute atomic E-state index is 11.4. The largest absolute Gasteiger partial charge is 0.294 e. The fraction of sp³-hybridized carbons (Fsp3) is 0. The second kappa shape index (κ2) is 3.00. The van der Waals surface area contributed by atoms with Crippen molar-refractivity contribution < 1.29 is 9.47 Å². The Morgan fingerprint density at radius 1 is 1.22 bits per heavy atom. The van der Waals surface area contributed by atoms with Crippen molar-refractivity contribution in [3.63, 3.8) is 0 Å². The van der Waals surface area contributed by atoms with Crippen molar-refractivity contribution in [3.05, 3.63) is 27.8 Å². The van der Waals surface area contributed by atoms with E-state index in [9.17, 15) is 4.53 Å². The molecule has 1 nitrogen and oxygen atoms in total. The van der Waals surface area contributed by atoms with Gasteiger partial charge in [0.2, 0.25) is 0 Å². The maximum Gasteiger partial charge on any atom is 0.171 e. The van der Waals surface area contributed by atoms with Crippen molar-refractivity contribution in [2.45, 2.75) is 0 Å². The normalized spacial score (nSPS) is 9.11. The molecule has 48 valence electrons. The summed E-state index contributed by atoms with van der Waals surface area (Å²) < 4.78 is 12.4. The maximum atomic E-state index is 11.4. The summed E-state index contributed by atoms with van der Waals surface area (Å²) in [5.41, 5.74) is 0. The first-order chi connectivity index (χ1) is 4.33. The van der Waals surface area contributed by atoms with E-state index in [0.717, 1.165) is 3.57 Å². The number of hydrogen-bond donors (Lipinski definition) is 0. The Balaban J connectivity index is 2.88. The minimum atomic E-state index is 0.246. The van der Waals surface area contributed by atoms with Gasteiger partial charge >= 0.3 is 0 Å². The predicted molar refractivity (Wildman–Crippen MR) is 40.9 cm³/mol. The van der Waals surface area contributed by atoms with Gasteiger partial charge in [0.05, 0.1) is 0 Å². The monoisotopic (exact) mass is 238 g/mol. The lowest BCUT2D eigenvalue weighted by Crippen LogP contribution is -1.74. The zero-order valence-corrected chi connectivity index (χ0v) is 6.63. The highest BCUT2D eigenvalue weighted by Gasteiger charge is 1.89. The highest BCUT2D eigenvalue weighted by Crippen LogP contribution is 2.12. The summed E-state index contributed by atoms with van der Waals surface area (Å²) in [7, 11) is 0. The molecule has 0 spiro atoms. The average molecular weight is 238 g/mol. The van der Waals surface area contributed by atoms with Crippen molar-refractivity contribution in [1.29, 1.82) is 0 Å². The van der Waals surface area contributed by atoms with Crippen molar-refractivity contribution in [3.8, 4) is 5.75 Å². The molecule has 1 aromatic carbocycles. The van der Waals surface area contributed by atoms with Crippen LogP contribution in [0.5, 0.6) is 5.75 Å². The molecule has 0 heterocycles. The fourth-order valence-corrected chi connectivity index (χ4v) is 0.846. The third-order valence-corrected chi connectivity index (χ3v) is 1.62. The van der Waals surface area contributed by atoms with Gasteiger partial charge < -0.3 is 0 Å². The summed E-state index contributed by atoms with van der Waals surface area (Å²) in [6, 6.07) is 6.69. The van der Waals surface area contributed by atoms with E-state index in [1.807, 2.05) is 0 Å². The van der Waals surface area contributed by atoms with Crippen LogP contribution in [0.2, 0.25) is 0 Å². The Kier molecular flexibility index (Phi) is 2.27. The van der Waals surface area contributed by atoms with Gasteiger partial charge in [-0.2, -0.15) is 0 Å². The predicted octanol–water partition coefficient (Wildman–Crippen LogP) is 2.55. The molecule has 0 saturated carbocycles. The van der Waals surface area contributed by atoms with Gasteiger partial charge in [-0.1, -0.05) is 0 Å². The minimum Gasteiger partial charge on any atom is -0.294 e. The highest BCUT2D eigenvalue weighted by atomic mass is 127. The van der Waals surface area contributed by atoms with E-state index in [1.165, 1.54) is 0 Å². The van der Waals surface area contributed by atoms with Gasteiger partial charge in [0, 0.05) is 8.10 Å². The topological polar surface area (TPSA) is 9.23 Å². The molecule has 0 aromatic heterocycles. The molecule has 0 fully saturated rings. The van der Waals surface area contributed by atoms with Crippen LogP contribution in [-0.4, -0.2) is 0 Å². The summed E-state index contributed by atoms with van der Waals surface area (Å²) >= 11 is 2.13. The zero-order chi connectivity index (χ0) is 6.69. The molecule has 3 heteroatoms. The number of halogens is 2. The van der Waals surface area contributed by atoms with Crippen LogP contribution in [0.25, 0.3) is 0 Å². The molecule has 0 aliphatic rings. The molecule has 0 N–H and O–H groups in total. The molecule has 0 saturated heterocycles. The van der Waals surface area contributed by atoms with E-state index in [0.29, 0.717) is 0 Å². The summed E-state index contributed by atoms with van der Waals surface area (Å²) in [6.45, 7) is 0. The van der Waals surface area contributed by atoms with E-state index in [1.54, 1.807) is 24.3 Å². The second-order valence-corrected chi connectivity index (χ2v) is 2.78. The van der Waals surface area contributed by atoms with Crippen LogP contribution in [0, 0.1) is 3.57 Å². The van der Waals surface area contributed by atoms with Crippen molar-refractivity contribution >= 4 is 22.6 Å². The SMILES string of the molecule is FOc1ccc(I)cc1. The van der Waals surface area contributed by atoms with E-state index in [2.05, 4.69) is 27.5 Å². The Morgan fingerprint density at radius 3 is 2.22 bits per heavy atom. The van der Waals surface area contributed by atoms with Gasteiger partial charge in [-0.3, -0.25) is 4.94 Å². The van der Waals surface area contributed by atoms with Gasteiger partial charge in [-0.05, 0) is 46.9 Å². The molecule has 0 unspecified atom stereocenters. The van der Waals surface area contributed by atoms with E-state index < -0.39 is 0 Å². The van der Waals surface area contributed by atoms with Crippen molar-refractivity contribution in [1.82, 2.24) is 0 Å². The third kappa shape index (κ3) is 1.82. The van der Waals surface area contributed by atoms with Gasteiger partial charge in [0.1, 0.15) is 0 Å². The molecular weight excluding hydrogens is 234 g/mol. The summed E-state index contributed by atoms with van der Waals surface area (Å²) in [4.78, 5) is 3.47. The first kappa shape index (κ1) is 6.80.